The highest BCUT2D eigenvalue weighted by atomic mass is 79.9. The lowest BCUT2D eigenvalue weighted by Gasteiger charge is -2.03. The first-order chi connectivity index (χ1) is 8.74. The smallest absolute Gasteiger partial charge is 0.258 e. The highest BCUT2D eigenvalue weighted by Crippen LogP contribution is 2.28. The molecule has 0 bridgehead atoms. The van der Waals surface area contributed by atoms with E-state index in [9.17, 15) is 4.79 Å². The molecular weight excluding hydrogens is 296 g/mol. The van der Waals surface area contributed by atoms with Crippen LogP contribution in [0.2, 0.25) is 0 Å². The van der Waals surface area contributed by atoms with E-state index >= 15 is 0 Å². The normalized spacial score (nSPS) is 13.4. The first kappa shape index (κ1) is 11.5. The van der Waals surface area contributed by atoms with Crippen molar-refractivity contribution in [1.82, 2.24) is 5.16 Å². The van der Waals surface area contributed by atoms with Crippen LogP contribution in [0.4, 0.5) is 5.88 Å². The first-order valence-corrected chi connectivity index (χ1v) is 6.57. The SMILES string of the molecule is O=C(Nc1onc2c1CCC2)c1cccc(Br)c1. The molecule has 0 atom stereocenters. The van der Waals surface area contributed by atoms with Crippen molar-refractivity contribution in [2.24, 2.45) is 0 Å². The summed E-state index contributed by atoms with van der Waals surface area (Å²) in [5.74, 6) is 0.314. The van der Waals surface area contributed by atoms with Gasteiger partial charge >= 0.3 is 0 Å². The minimum atomic E-state index is -0.179. The van der Waals surface area contributed by atoms with Crippen molar-refractivity contribution < 1.29 is 9.32 Å². The lowest BCUT2D eigenvalue weighted by atomic mass is 10.2. The maximum Gasteiger partial charge on any atom is 0.258 e. The third-order valence-corrected chi connectivity index (χ3v) is 3.52. The van der Waals surface area contributed by atoms with Crippen LogP contribution in [-0.2, 0) is 12.8 Å². The predicted octanol–water partition coefficient (Wildman–Crippen LogP) is 3.18. The third-order valence-electron chi connectivity index (χ3n) is 3.02. The second-order valence-corrected chi connectivity index (χ2v) is 5.17. The average molecular weight is 307 g/mol. The molecule has 2 aromatic rings. The molecule has 18 heavy (non-hydrogen) atoms. The molecule has 1 amide bonds. The molecule has 1 aromatic carbocycles. The van der Waals surface area contributed by atoms with Gasteiger partial charge in [0.25, 0.3) is 5.91 Å². The molecular formula is C13H11BrN2O2. The maximum absolute atomic E-state index is 12.0. The minimum Gasteiger partial charge on any atom is -0.338 e. The van der Waals surface area contributed by atoms with Crippen LogP contribution in [0.5, 0.6) is 0 Å². The van der Waals surface area contributed by atoms with Gasteiger partial charge in [-0.05, 0) is 37.5 Å². The van der Waals surface area contributed by atoms with E-state index in [0.29, 0.717) is 11.4 Å². The number of amides is 1. The molecule has 1 N–H and O–H groups in total. The van der Waals surface area contributed by atoms with Gasteiger partial charge in [0.1, 0.15) is 0 Å². The van der Waals surface area contributed by atoms with Gasteiger partial charge in [0.2, 0.25) is 5.88 Å². The van der Waals surface area contributed by atoms with Gasteiger partial charge in [-0.25, -0.2) is 0 Å². The number of nitrogens with one attached hydrogen (secondary N) is 1. The molecule has 0 radical (unpaired) electrons. The Morgan fingerprint density at radius 1 is 1.39 bits per heavy atom. The second-order valence-electron chi connectivity index (χ2n) is 4.25. The summed E-state index contributed by atoms with van der Waals surface area (Å²) in [6.45, 7) is 0. The Bertz CT molecular complexity index is 607. The van der Waals surface area contributed by atoms with E-state index in [4.69, 9.17) is 4.52 Å². The van der Waals surface area contributed by atoms with Crippen molar-refractivity contribution in [2.45, 2.75) is 19.3 Å². The van der Waals surface area contributed by atoms with Gasteiger partial charge in [-0.1, -0.05) is 27.2 Å². The largest absolute Gasteiger partial charge is 0.338 e. The average Bonchev–Trinajstić information content (AvgIpc) is 2.94. The summed E-state index contributed by atoms with van der Waals surface area (Å²) in [7, 11) is 0. The van der Waals surface area contributed by atoms with Crippen LogP contribution < -0.4 is 5.32 Å². The van der Waals surface area contributed by atoms with Crippen LogP contribution in [0.1, 0.15) is 28.0 Å². The molecule has 4 nitrogen and oxygen atoms in total. The molecule has 92 valence electrons. The van der Waals surface area contributed by atoms with Gasteiger partial charge in [-0.3, -0.25) is 10.1 Å². The van der Waals surface area contributed by atoms with Crippen LogP contribution >= 0.6 is 15.9 Å². The quantitative estimate of drug-likeness (QED) is 0.927. The first-order valence-electron chi connectivity index (χ1n) is 5.78. The Morgan fingerprint density at radius 3 is 3.11 bits per heavy atom. The fourth-order valence-electron chi connectivity index (χ4n) is 2.13. The standard InChI is InChI=1S/C13H11BrN2O2/c14-9-4-1-3-8(7-9)12(17)15-13-10-5-2-6-11(10)16-18-13/h1,3-4,7H,2,5-6H2,(H,15,17). The van der Waals surface area contributed by atoms with Crippen LogP contribution in [0.25, 0.3) is 0 Å². The number of nitrogens with zero attached hydrogens (tertiary/aromatic N) is 1. The molecule has 1 heterocycles. The summed E-state index contributed by atoms with van der Waals surface area (Å²) >= 11 is 3.34. The molecule has 1 aromatic heterocycles. The summed E-state index contributed by atoms with van der Waals surface area (Å²) < 4.78 is 6.04. The number of halogens is 1. The number of hydrogen-bond acceptors (Lipinski definition) is 3. The predicted molar refractivity (Wildman–Crippen MR) is 70.6 cm³/mol. The Kier molecular flexibility index (Phi) is 2.91. The molecule has 1 aliphatic carbocycles. The van der Waals surface area contributed by atoms with Crippen molar-refractivity contribution in [1.29, 1.82) is 0 Å². The van der Waals surface area contributed by atoms with Crippen LogP contribution in [0.3, 0.4) is 0 Å². The fourth-order valence-corrected chi connectivity index (χ4v) is 2.53. The van der Waals surface area contributed by atoms with Crippen molar-refractivity contribution >= 4 is 27.7 Å². The fraction of sp³-hybridized carbons (Fsp3) is 0.231. The number of fused-ring (bicyclic) bond motifs is 1. The molecule has 0 saturated heterocycles. The molecule has 0 unspecified atom stereocenters. The van der Waals surface area contributed by atoms with Gasteiger partial charge < -0.3 is 4.52 Å². The topological polar surface area (TPSA) is 55.1 Å². The zero-order chi connectivity index (χ0) is 12.5. The summed E-state index contributed by atoms with van der Waals surface area (Å²) in [5.41, 5.74) is 2.60. The van der Waals surface area contributed by atoms with Crippen molar-refractivity contribution in [3.8, 4) is 0 Å². The van der Waals surface area contributed by atoms with Gasteiger partial charge in [-0.2, -0.15) is 0 Å². The molecule has 3 rings (SSSR count). The van der Waals surface area contributed by atoms with Gasteiger partial charge in [0, 0.05) is 15.6 Å². The van der Waals surface area contributed by atoms with E-state index < -0.39 is 0 Å². The summed E-state index contributed by atoms with van der Waals surface area (Å²) in [4.78, 5) is 12.0. The lowest BCUT2D eigenvalue weighted by molar-refractivity contribution is 0.102. The summed E-state index contributed by atoms with van der Waals surface area (Å²) in [5, 5.41) is 6.74. The molecule has 0 fully saturated rings. The van der Waals surface area contributed by atoms with Crippen molar-refractivity contribution in [3.05, 3.63) is 45.6 Å². The van der Waals surface area contributed by atoms with E-state index in [1.807, 2.05) is 12.1 Å². The number of rotatable bonds is 2. The van der Waals surface area contributed by atoms with Gasteiger partial charge in [0.05, 0.1) is 5.69 Å². The zero-order valence-electron chi connectivity index (χ0n) is 9.57. The molecule has 0 aliphatic heterocycles. The molecule has 5 heteroatoms. The highest BCUT2D eigenvalue weighted by Gasteiger charge is 2.22. The van der Waals surface area contributed by atoms with Crippen molar-refractivity contribution in [2.75, 3.05) is 5.32 Å². The van der Waals surface area contributed by atoms with Gasteiger partial charge in [-0.15, -0.1) is 0 Å². The number of carbonyl (C=O) groups excluding carboxylic acids is 1. The van der Waals surface area contributed by atoms with Crippen LogP contribution in [0.15, 0.2) is 33.3 Å². The number of benzene rings is 1. The van der Waals surface area contributed by atoms with E-state index in [2.05, 4.69) is 26.4 Å². The Balaban J connectivity index is 1.82. The van der Waals surface area contributed by atoms with E-state index in [1.54, 1.807) is 12.1 Å². The Morgan fingerprint density at radius 2 is 2.28 bits per heavy atom. The summed E-state index contributed by atoms with van der Waals surface area (Å²) in [6, 6.07) is 7.23. The van der Waals surface area contributed by atoms with Crippen molar-refractivity contribution in [3.63, 3.8) is 0 Å². The second kappa shape index (κ2) is 4.57. The molecule has 1 aliphatic rings. The monoisotopic (exact) mass is 306 g/mol. The number of hydrogen-bond donors (Lipinski definition) is 1. The Labute approximate surface area is 112 Å². The third kappa shape index (κ3) is 2.06. The molecule has 0 spiro atoms. The number of anilines is 1. The van der Waals surface area contributed by atoms with Gasteiger partial charge in [0.15, 0.2) is 0 Å². The Hall–Kier alpha value is -1.62. The number of aromatic nitrogens is 1. The number of aryl methyl sites for hydroxylation is 1. The minimum absolute atomic E-state index is 0.179. The number of carbonyl (C=O) groups is 1. The van der Waals surface area contributed by atoms with E-state index in [0.717, 1.165) is 35.0 Å². The van der Waals surface area contributed by atoms with E-state index in [-0.39, 0.29) is 5.91 Å². The van der Waals surface area contributed by atoms with Crippen LogP contribution in [-0.4, -0.2) is 11.1 Å². The highest BCUT2D eigenvalue weighted by molar-refractivity contribution is 9.10. The zero-order valence-corrected chi connectivity index (χ0v) is 11.2. The maximum atomic E-state index is 12.0. The van der Waals surface area contributed by atoms with Crippen LogP contribution in [0, 0.1) is 0 Å². The summed E-state index contributed by atoms with van der Waals surface area (Å²) in [6.07, 6.45) is 2.94. The lowest BCUT2D eigenvalue weighted by Crippen LogP contribution is -2.12. The molecule has 0 saturated carbocycles. The van der Waals surface area contributed by atoms with E-state index in [1.165, 1.54) is 0 Å².